The zero-order chi connectivity index (χ0) is 10.1. The summed E-state index contributed by atoms with van der Waals surface area (Å²) in [5.74, 6) is 0.0121. The molecule has 0 aliphatic carbocycles. The number of aliphatic hydroxyl groups excluding tert-OH is 1. The second kappa shape index (κ2) is 8.16. The van der Waals surface area contributed by atoms with Crippen molar-refractivity contribution >= 4 is 5.78 Å². The maximum Gasteiger partial charge on any atom is 0.158 e. The van der Waals surface area contributed by atoms with E-state index in [1.807, 2.05) is 6.92 Å². The molecular weight excluding hydrogens is 172 g/mol. The standard InChI is InChI=1S/C9H18O4/c1-3-13-7-9(11)5-4-8(10)6-12-2/h9,11H,3-7H2,1-2H3. The SMILES string of the molecule is CCOCC(O)CCC(=O)COC. The molecule has 0 rings (SSSR count). The first-order chi connectivity index (χ1) is 6.20. The Hall–Kier alpha value is -0.450. The van der Waals surface area contributed by atoms with Gasteiger partial charge in [0.25, 0.3) is 0 Å². The third-order valence-corrected chi connectivity index (χ3v) is 1.58. The fourth-order valence-electron chi connectivity index (χ4n) is 0.898. The van der Waals surface area contributed by atoms with E-state index < -0.39 is 6.10 Å². The van der Waals surface area contributed by atoms with Crippen LogP contribution in [0.4, 0.5) is 0 Å². The minimum absolute atomic E-state index is 0.0121. The molecule has 0 aliphatic rings. The van der Waals surface area contributed by atoms with Gasteiger partial charge >= 0.3 is 0 Å². The molecule has 1 atom stereocenters. The predicted octanol–water partition coefficient (Wildman–Crippen LogP) is 0.379. The molecule has 13 heavy (non-hydrogen) atoms. The van der Waals surface area contributed by atoms with Crippen molar-refractivity contribution in [1.82, 2.24) is 0 Å². The summed E-state index contributed by atoms with van der Waals surface area (Å²) in [6, 6.07) is 0. The highest BCUT2D eigenvalue weighted by atomic mass is 16.5. The van der Waals surface area contributed by atoms with Gasteiger partial charge in [-0.05, 0) is 13.3 Å². The van der Waals surface area contributed by atoms with E-state index in [9.17, 15) is 9.90 Å². The molecule has 0 aromatic rings. The maximum absolute atomic E-state index is 10.9. The van der Waals surface area contributed by atoms with E-state index in [0.29, 0.717) is 26.1 Å². The first kappa shape index (κ1) is 12.6. The summed E-state index contributed by atoms with van der Waals surface area (Å²) in [4.78, 5) is 10.9. The summed E-state index contributed by atoms with van der Waals surface area (Å²) >= 11 is 0. The number of Topliss-reactive ketones (excluding diaryl/α,β-unsaturated/α-hetero) is 1. The molecule has 0 amide bonds. The second-order valence-electron chi connectivity index (χ2n) is 2.82. The summed E-state index contributed by atoms with van der Waals surface area (Å²) in [6.45, 7) is 2.88. The van der Waals surface area contributed by atoms with Gasteiger partial charge < -0.3 is 14.6 Å². The van der Waals surface area contributed by atoms with Crippen molar-refractivity contribution in [2.24, 2.45) is 0 Å². The number of ketones is 1. The molecule has 78 valence electrons. The van der Waals surface area contributed by atoms with Crippen LogP contribution in [0.15, 0.2) is 0 Å². The first-order valence-corrected chi connectivity index (χ1v) is 4.47. The molecular formula is C9H18O4. The summed E-state index contributed by atoms with van der Waals surface area (Å²) < 4.78 is 9.65. The summed E-state index contributed by atoms with van der Waals surface area (Å²) in [6.07, 6.45) is 0.255. The van der Waals surface area contributed by atoms with Gasteiger partial charge in [-0.2, -0.15) is 0 Å². The highest BCUT2D eigenvalue weighted by Crippen LogP contribution is 1.99. The third kappa shape index (κ3) is 7.90. The van der Waals surface area contributed by atoms with Crippen molar-refractivity contribution in [3.63, 3.8) is 0 Å². The summed E-state index contributed by atoms with van der Waals surface area (Å²) in [5, 5.41) is 9.28. The first-order valence-electron chi connectivity index (χ1n) is 4.47. The topological polar surface area (TPSA) is 55.8 Å². The zero-order valence-electron chi connectivity index (χ0n) is 8.28. The highest BCUT2D eigenvalue weighted by Gasteiger charge is 2.07. The molecule has 0 bridgehead atoms. The van der Waals surface area contributed by atoms with Crippen LogP contribution in [0.1, 0.15) is 19.8 Å². The van der Waals surface area contributed by atoms with Crippen molar-refractivity contribution < 1.29 is 19.4 Å². The molecule has 4 nitrogen and oxygen atoms in total. The van der Waals surface area contributed by atoms with Crippen LogP contribution in [0.2, 0.25) is 0 Å². The van der Waals surface area contributed by atoms with Crippen molar-refractivity contribution in [2.45, 2.75) is 25.9 Å². The molecule has 1 N–H and O–H groups in total. The van der Waals surface area contributed by atoms with Gasteiger partial charge in [-0.15, -0.1) is 0 Å². The van der Waals surface area contributed by atoms with E-state index in [2.05, 4.69) is 4.74 Å². The van der Waals surface area contributed by atoms with E-state index in [4.69, 9.17) is 4.74 Å². The van der Waals surface area contributed by atoms with Gasteiger partial charge in [0.15, 0.2) is 5.78 Å². The molecule has 4 heteroatoms. The molecule has 0 aromatic heterocycles. The fraction of sp³-hybridized carbons (Fsp3) is 0.889. The van der Waals surface area contributed by atoms with E-state index in [0.717, 1.165) is 0 Å². The monoisotopic (exact) mass is 190 g/mol. The predicted molar refractivity (Wildman–Crippen MR) is 48.6 cm³/mol. The molecule has 1 unspecified atom stereocenters. The van der Waals surface area contributed by atoms with Gasteiger partial charge in [-0.25, -0.2) is 0 Å². The Kier molecular flexibility index (Phi) is 7.88. The number of ether oxygens (including phenoxy) is 2. The number of hydrogen-bond acceptors (Lipinski definition) is 4. The van der Waals surface area contributed by atoms with Crippen molar-refractivity contribution in [3.05, 3.63) is 0 Å². The van der Waals surface area contributed by atoms with Gasteiger partial charge in [0.2, 0.25) is 0 Å². The van der Waals surface area contributed by atoms with Crippen LogP contribution in [0, 0.1) is 0 Å². The lowest BCUT2D eigenvalue weighted by Crippen LogP contribution is -2.18. The number of rotatable bonds is 8. The lowest BCUT2D eigenvalue weighted by Gasteiger charge is -2.09. The number of methoxy groups -OCH3 is 1. The van der Waals surface area contributed by atoms with Crippen LogP contribution in [0.25, 0.3) is 0 Å². The molecule has 0 aromatic carbocycles. The highest BCUT2D eigenvalue weighted by molar-refractivity contribution is 5.79. The Morgan fingerprint density at radius 1 is 1.54 bits per heavy atom. The van der Waals surface area contributed by atoms with Crippen molar-refractivity contribution in [1.29, 1.82) is 0 Å². The smallest absolute Gasteiger partial charge is 0.158 e. The Morgan fingerprint density at radius 3 is 2.77 bits per heavy atom. The Bertz CT molecular complexity index is 136. The fourth-order valence-corrected chi connectivity index (χ4v) is 0.898. The Morgan fingerprint density at radius 2 is 2.23 bits per heavy atom. The normalized spacial score (nSPS) is 12.8. The molecule has 0 saturated carbocycles. The minimum atomic E-state index is -0.541. The van der Waals surface area contributed by atoms with Crippen LogP contribution in [0.3, 0.4) is 0 Å². The van der Waals surface area contributed by atoms with Gasteiger partial charge in [-0.1, -0.05) is 0 Å². The minimum Gasteiger partial charge on any atom is -0.391 e. The average molecular weight is 190 g/mol. The molecule has 0 heterocycles. The van der Waals surface area contributed by atoms with Gasteiger partial charge in [-0.3, -0.25) is 4.79 Å². The van der Waals surface area contributed by atoms with E-state index in [-0.39, 0.29) is 12.4 Å². The van der Waals surface area contributed by atoms with Crippen molar-refractivity contribution in [2.75, 3.05) is 26.9 Å². The number of hydrogen-bond donors (Lipinski definition) is 1. The van der Waals surface area contributed by atoms with E-state index in [1.54, 1.807) is 0 Å². The lowest BCUT2D eigenvalue weighted by atomic mass is 10.1. The quantitative estimate of drug-likeness (QED) is 0.601. The number of carbonyl (C=O) groups excluding carboxylic acids is 1. The van der Waals surface area contributed by atoms with E-state index in [1.165, 1.54) is 7.11 Å². The van der Waals surface area contributed by atoms with Gasteiger partial charge in [0, 0.05) is 20.1 Å². The van der Waals surface area contributed by atoms with Gasteiger partial charge in [0.1, 0.15) is 6.61 Å². The number of carbonyl (C=O) groups is 1. The van der Waals surface area contributed by atoms with Crippen LogP contribution in [-0.2, 0) is 14.3 Å². The van der Waals surface area contributed by atoms with Crippen molar-refractivity contribution in [3.8, 4) is 0 Å². The zero-order valence-corrected chi connectivity index (χ0v) is 8.28. The molecule has 0 fully saturated rings. The van der Waals surface area contributed by atoms with E-state index >= 15 is 0 Å². The number of aliphatic hydroxyl groups is 1. The maximum atomic E-state index is 10.9. The Labute approximate surface area is 78.8 Å². The molecule has 0 saturated heterocycles. The third-order valence-electron chi connectivity index (χ3n) is 1.58. The second-order valence-corrected chi connectivity index (χ2v) is 2.82. The molecule has 0 spiro atoms. The van der Waals surface area contributed by atoms with Gasteiger partial charge in [0.05, 0.1) is 12.7 Å². The lowest BCUT2D eigenvalue weighted by molar-refractivity contribution is -0.123. The summed E-state index contributed by atoms with van der Waals surface area (Å²) in [5.41, 5.74) is 0. The Balaban J connectivity index is 3.34. The average Bonchev–Trinajstić information content (AvgIpc) is 2.12. The molecule has 0 aliphatic heterocycles. The van der Waals surface area contributed by atoms with Crippen LogP contribution in [-0.4, -0.2) is 43.9 Å². The summed E-state index contributed by atoms with van der Waals surface area (Å²) in [7, 11) is 1.48. The van der Waals surface area contributed by atoms with Crippen LogP contribution in [0.5, 0.6) is 0 Å². The molecule has 0 radical (unpaired) electrons. The van der Waals surface area contributed by atoms with Crippen LogP contribution < -0.4 is 0 Å². The largest absolute Gasteiger partial charge is 0.391 e. The van der Waals surface area contributed by atoms with Crippen LogP contribution >= 0.6 is 0 Å².